The number of carbonyl (C=O) groups excluding carboxylic acids is 1. The molecule has 0 fully saturated rings. The minimum Gasteiger partial charge on any atom is -0.540 e. The fraction of sp³-hybridized carbons (Fsp3) is 0.700. The second-order valence-electron chi connectivity index (χ2n) is 4.63. The summed E-state index contributed by atoms with van der Waals surface area (Å²) < 4.78 is 10.4. The Bertz CT molecular complexity index is 216. The molecular formula is C10H20O3Si. The third kappa shape index (κ3) is 6.71. The molecule has 82 valence electrons. The molecule has 0 atom stereocenters. The van der Waals surface area contributed by atoms with E-state index >= 15 is 0 Å². The fourth-order valence-corrected chi connectivity index (χ4v) is 1.56. The van der Waals surface area contributed by atoms with Crippen LogP contribution in [0.15, 0.2) is 12.3 Å². The van der Waals surface area contributed by atoms with Crippen molar-refractivity contribution in [3.05, 3.63) is 12.3 Å². The van der Waals surface area contributed by atoms with Crippen molar-refractivity contribution in [3.8, 4) is 0 Å². The normalized spacial score (nSPS) is 11.3. The SMILES string of the molecule is C=C(O[Si](C)(C)C)C(=O)OCC(C)C. The second-order valence-corrected chi connectivity index (χ2v) is 9.06. The molecule has 0 aromatic rings. The van der Waals surface area contributed by atoms with Crippen molar-refractivity contribution in [2.75, 3.05) is 6.61 Å². The number of esters is 1. The molecule has 0 aliphatic carbocycles. The molecule has 0 aliphatic heterocycles. The Morgan fingerprint density at radius 2 is 1.86 bits per heavy atom. The van der Waals surface area contributed by atoms with E-state index in [0.29, 0.717) is 12.5 Å². The van der Waals surface area contributed by atoms with Gasteiger partial charge in [0.25, 0.3) is 0 Å². The Balaban J connectivity index is 3.95. The third-order valence-corrected chi connectivity index (χ3v) is 2.06. The van der Waals surface area contributed by atoms with Crippen molar-refractivity contribution >= 4 is 14.3 Å². The lowest BCUT2D eigenvalue weighted by Gasteiger charge is -2.20. The van der Waals surface area contributed by atoms with Gasteiger partial charge >= 0.3 is 5.97 Å². The first-order valence-electron chi connectivity index (χ1n) is 4.77. The Morgan fingerprint density at radius 1 is 1.36 bits per heavy atom. The van der Waals surface area contributed by atoms with Crippen LogP contribution in [0.25, 0.3) is 0 Å². The van der Waals surface area contributed by atoms with Gasteiger partial charge in [0.2, 0.25) is 8.32 Å². The minimum absolute atomic E-state index is 0.129. The van der Waals surface area contributed by atoms with E-state index in [1.807, 2.05) is 33.5 Å². The van der Waals surface area contributed by atoms with E-state index in [9.17, 15) is 4.79 Å². The molecule has 0 radical (unpaired) electrons. The van der Waals surface area contributed by atoms with Crippen molar-refractivity contribution < 1.29 is 14.0 Å². The maximum Gasteiger partial charge on any atom is 0.371 e. The van der Waals surface area contributed by atoms with Gasteiger partial charge in [-0.3, -0.25) is 0 Å². The summed E-state index contributed by atoms with van der Waals surface area (Å²) in [4.78, 5) is 11.3. The summed E-state index contributed by atoms with van der Waals surface area (Å²) in [5.74, 6) is 0.0181. The Morgan fingerprint density at radius 3 is 2.21 bits per heavy atom. The molecule has 0 aromatic heterocycles. The number of ether oxygens (including phenoxy) is 1. The summed E-state index contributed by atoms with van der Waals surface area (Å²) in [5.41, 5.74) is 0. The van der Waals surface area contributed by atoms with Gasteiger partial charge in [0.1, 0.15) is 0 Å². The maximum atomic E-state index is 11.3. The average molecular weight is 216 g/mol. The molecule has 0 N–H and O–H groups in total. The van der Waals surface area contributed by atoms with E-state index < -0.39 is 14.3 Å². The molecule has 0 aliphatic rings. The largest absolute Gasteiger partial charge is 0.540 e. The lowest BCUT2D eigenvalue weighted by atomic mass is 10.2. The van der Waals surface area contributed by atoms with Gasteiger partial charge in [-0.05, 0) is 25.6 Å². The summed E-state index contributed by atoms with van der Waals surface area (Å²) in [6.07, 6.45) is 0. The molecule has 0 aromatic carbocycles. The van der Waals surface area contributed by atoms with Crippen LogP contribution in [0.1, 0.15) is 13.8 Å². The van der Waals surface area contributed by atoms with Crippen LogP contribution in [0.2, 0.25) is 19.6 Å². The van der Waals surface area contributed by atoms with E-state index in [1.165, 1.54) is 0 Å². The standard InChI is InChI=1S/C10H20O3Si/c1-8(2)7-12-10(11)9(3)13-14(4,5)6/h8H,3,7H2,1-2,4-6H3. The summed E-state index contributed by atoms with van der Waals surface area (Å²) in [6.45, 7) is 13.9. The van der Waals surface area contributed by atoms with E-state index in [2.05, 4.69) is 6.58 Å². The first-order valence-corrected chi connectivity index (χ1v) is 8.18. The predicted octanol–water partition coefficient (Wildman–Crippen LogP) is 2.55. The van der Waals surface area contributed by atoms with Gasteiger partial charge in [0.15, 0.2) is 5.76 Å². The van der Waals surface area contributed by atoms with Crippen molar-refractivity contribution in [1.82, 2.24) is 0 Å². The molecule has 0 spiro atoms. The highest BCUT2D eigenvalue weighted by Gasteiger charge is 2.21. The maximum absolute atomic E-state index is 11.3. The van der Waals surface area contributed by atoms with Crippen LogP contribution in [0, 0.1) is 5.92 Å². The van der Waals surface area contributed by atoms with Gasteiger partial charge < -0.3 is 9.16 Å². The van der Waals surface area contributed by atoms with E-state index in [1.54, 1.807) is 0 Å². The first-order chi connectivity index (χ1) is 6.22. The fourth-order valence-electron chi connectivity index (χ4n) is 0.734. The quantitative estimate of drug-likeness (QED) is 0.307. The molecular weight excluding hydrogens is 196 g/mol. The van der Waals surface area contributed by atoms with Gasteiger partial charge in [0.05, 0.1) is 6.61 Å². The highest BCUT2D eigenvalue weighted by Crippen LogP contribution is 2.10. The molecule has 0 rings (SSSR count). The van der Waals surface area contributed by atoms with E-state index in [0.717, 1.165) is 0 Å². The lowest BCUT2D eigenvalue weighted by molar-refractivity contribution is -0.142. The molecule has 0 bridgehead atoms. The molecule has 0 saturated heterocycles. The Hall–Kier alpha value is -0.773. The molecule has 4 heteroatoms. The summed E-state index contributed by atoms with van der Waals surface area (Å²) in [5, 5.41) is 0. The summed E-state index contributed by atoms with van der Waals surface area (Å²) in [7, 11) is -1.74. The van der Waals surface area contributed by atoms with Gasteiger partial charge in [-0.15, -0.1) is 0 Å². The Kier molecular flexibility index (Phi) is 4.91. The number of hydrogen-bond acceptors (Lipinski definition) is 3. The molecule has 0 heterocycles. The predicted molar refractivity (Wildman–Crippen MR) is 59.4 cm³/mol. The first kappa shape index (κ1) is 13.2. The van der Waals surface area contributed by atoms with Crippen LogP contribution in [-0.2, 0) is 14.0 Å². The van der Waals surface area contributed by atoms with E-state index in [4.69, 9.17) is 9.16 Å². The van der Waals surface area contributed by atoms with Gasteiger partial charge in [-0.25, -0.2) is 4.79 Å². The van der Waals surface area contributed by atoms with Crippen molar-refractivity contribution in [2.45, 2.75) is 33.5 Å². The van der Waals surface area contributed by atoms with Crippen LogP contribution in [0.4, 0.5) is 0 Å². The monoisotopic (exact) mass is 216 g/mol. The summed E-state index contributed by atoms with van der Waals surface area (Å²) in [6, 6.07) is 0. The molecule has 0 unspecified atom stereocenters. The Labute approximate surface area is 87.2 Å². The van der Waals surface area contributed by atoms with Crippen LogP contribution in [0.5, 0.6) is 0 Å². The van der Waals surface area contributed by atoms with Crippen molar-refractivity contribution in [3.63, 3.8) is 0 Å². The van der Waals surface area contributed by atoms with Crippen molar-refractivity contribution in [1.29, 1.82) is 0 Å². The number of rotatable bonds is 5. The zero-order chi connectivity index (χ0) is 11.4. The van der Waals surface area contributed by atoms with Crippen molar-refractivity contribution in [2.24, 2.45) is 5.92 Å². The highest BCUT2D eigenvalue weighted by atomic mass is 28.4. The molecule has 0 saturated carbocycles. The lowest BCUT2D eigenvalue weighted by Crippen LogP contribution is -2.28. The molecule has 0 amide bonds. The van der Waals surface area contributed by atoms with Gasteiger partial charge in [-0.1, -0.05) is 20.4 Å². The third-order valence-electron chi connectivity index (χ3n) is 1.20. The highest BCUT2D eigenvalue weighted by molar-refractivity contribution is 6.70. The zero-order valence-corrected chi connectivity index (χ0v) is 10.7. The smallest absolute Gasteiger partial charge is 0.371 e. The average Bonchev–Trinajstić information content (AvgIpc) is 1.96. The second kappa shape index (κ2) is 5.19. The topological polar surface area (TPSA) is 35.5 Å². The molecule has 3 nitrogen and oxygen atoms in total. The van der Waals surface area contributed by atoms with E-state index in [-0.39, 0.29) is 5.76 Å². The molecule has 14 heavy (non-hydrogen) atoms. The summed E-state index contributed by atoms with van der Waals surface area (Å²) >= 11 is 0. The minimum atomic E-state index is -1.74. The van der Waals surface area contributed by atoms with Crippen LogP contribution < -0.4 is 0 Å². The van der Waals surface area contributed by atoms with Gasteiger partial charge in [0, 0.05) is 0 Å². The van der Waals surface area contributed by atoms with Gasteiger partial charge in [-0.2, -0.15) is 0 Å². The number of carbonyl (C=O) groups is 1. The van der Waals surface area contributed by atoms with Crippen LogP contribution >= 0.6 is 0 Å². The zero-order valence-electron chi connectivity index (χ0n) is 9.72. The van der Waals surface area contributed by atoms with Crippen LogP contribution in [-0.4, -0.2) is 20.9 Å². The number of hydrogen-bond donors (Lipinski definition) is 0. The van der Waals surface area contributed by atoms with Crippen LogP contribution in [0.3, 0.4) is 0 Å².